The van der Waals surface area contributed by atoms with Crippen LogP contribution in [-0.4, -0.2) is 0 Å². The summed E-state index contributed by atoms with van der Waals surface area (Å²) in [4.78, 5) is 2.38. The first-order chi connectivity index (χ1) is 28.3. The van der Waals surface area contributed by atoms with Crippen LogP contribution < -0.4 is 4.90 Å². The molecule has 0 unspecified atom stereocenters. The van der Waals surface area contributed by atoms with E-state index in [0.29, 0.717) is 0 Å². The van der Waals surface area contributed by atoms with Crippen LogP contribution in [-0.2, 0) is 0 Å². The summed E-state index contributed by atoms with van der Waals surface area (Å²) in [6.07, 6.45) is 0. The SMILES string of the molecule is c1ccc(-c2ccc(-c3ccc(N(c4ccc(-c5ccc(-c6cc7ccccc7c7ccccc67)cc5)cc4)c4ccccc4-c4ccccc4)cc3)cc2)cc1. The van der Waals surface area contributed by atoms with Crippen LogP contribution in [0.5, 0.6) is 0 Å². The molecule has 0 atom stereocenters. The molecule has 0 aliphatic rings. The van der Waals surface area contributed by atoms with Gasteiger partial charge in [0.15, 0.2) is 0 Å². The van der Waals surface area contributed by atoms with Crippen molar-refractivity contribution in [2.45, 2.75) is 0 Å². The van der Waals surface area contributed by atoms with E-state index in [0.717, 1.165) is 17.1 Å². The molecule has 0 saturated heterocycles. The lowest BCUT2D eigenvalue weighted by molar-refractivity contribution is 1.28. The second-order valence-electron chi connectivity index (χ2n) is 14.5. The van der Waals surface area contributed by atoms with Crippen LogP contribution in [0.2, 0.25) is 0 Å². The minimum absolute atomic E-state index is 1.10. The predicted molar refractivity (Wildman–Crippen MR) is 243 cm³/mol. The molecule has 0 aliphatic carbocycles. The van der Waals surface area contributed by atoms with E-state index < -0.39 is 0 Å². The van der Waals surface area contributed by atoms with Crippen LogP contribution >= 0.6 is 0 Å². The van der Waals surface area contributed by atoms with E-state index in [1.807, 2.05) is 0 Å². The Hall–Kier alpha value is -7.48. The van der Waals surface area contributed by atoms with Crippen LogP contribution in [0.25, 0.3) is 77.2 Å². The van der Waals surface area contributed by atoms with Gasteiger partial charge in [-0.2, -0.15) is 0 Å². The van der Waals surface area contributed by atoms with Crippen molar-refractivity contribution in [3.63, 3.8) is 0 Å². The lowest BCUT2D eigenvalue weighted by atomic mass is 9.92. The molecule has 0 N–H and O–H groups in total. The molecular formula is C56H39N. The number of anilines is 3. The minimum atomic E-state index is 1.10. The van der Waals surface area contributed by atoms with Crippen molar-refractivity contribution < 1.29 is 0 Å². The molecule has 0 radical (unpaired) electrons. The standard InChI is InChI=1S/C56H39N/c1-3-13-40(14-4-1)41-23-25-42(26-24-41)44-31-35-49(36-32-44)57(56-22-12-11-19-52(56)46-15-5-2-6-16-46)50-37-33-45(34-38-50)43-27-29-47(30-28-43)55-39-48-17-7-8-18-51(48)53-20-9-10-21-54(53)55/h1-39H. The number of hydrogen-bond acceptors (Lipinski definition) is 1. The van der Waals surface area contributed by atoms with E-state index in [2.05, 4.69) is 241 Å². The first-order valence-corrected chi connectivity index (χ1v) is 19.6. The third kappa shape index (κ3) is 6.66. The predicted octanol–water partition coefficient (Wildman–Crippen LogP) is 15.8. The molecule has 1 heteroatoms. The highest BCUT2D eigenvalue weighted by molar-refractivity contribution is 6.13. The minimum Gasteiger partial charge on any atom is -0.310 e. The Bertz CT molecular complexity index is 2950. The molecule has 0 heterocycles. The highest BCUT2D eigenvalue weighted by Gasteiger charge is 2.18. The second-order valence-corrected chi connectivity index (χ2v) is 14.5. The molecule has 268 valence electrons. The molecule has 0 fully saturated rings. The van der Waals surface area contributed by atoms with Crippen molar-refractivity contribution in [1.82, 2.24) is 0 Å². The molecule has 0 bridgehead atoms. The zero-order valence-corrected chi connectivity index (χ0v) is 31.5. The summed E-state index contributed by atoms with van der Waals surface area (Å²) in [6.45, 7) is 0. The molecule has 10 aromatic rings. The van der Waals surface area contributed by atoms with Gasteiger partial charge in [0.1, 0.15) is 0 Å². The van der Waals surface area contributed by atoms with Gasteiger partial charge in [-0.1, -0.05) is 200 Å². The number of para-hydroxylation sites is 1. The van der Waals surface area contributed by atoms with Crippen LogP contribution in [0.4, 0.5) is 17.1 Å². The monoisotopic (exact) mass is 725 g/mol. The van der Waals surface area contributed by atoms with Crippen molar-refractivity contribution in [2.24, 2.45) is 0 Å². The maximum absolute atomic E-state index is 2.38. The van der Waals surface area contributed by atoms with E-state index in [1.54, 1.807) is 0 Å². The Morgan fingerprint density at radius 2 is 0.596 bits per heavy atom. The summed E-state index contributed by atoms with van der Waals surface area (Å²) in [5.74, 6) is 0. The van der Waals surface area contributed by atoms with Gasteiger partial charge >= 0.3 is 0 Å². The fraction of sp³-hybridized carbons (Fsp3) is 0. The molecule has 0 spiro atoms. The van der Waals surface area contributed by atoms with Gasteiger partial charge in [0.25, 0.3) is 0 Å². The highest BCUT2D eigenvalue weighted by Crippen LogP contribution is 2.42. The van der Waals surface area contributed by atoms with Gasteiger partial charge < -0.3 is 4.90 Å². The number of benzene rings is 10. The van der Waals surface area contributed by atoms with Gasteiger partial charge in [0.05, 0.1) is 5.69 Å². The zero-order chi connectivity index (χ0) is 38.0. The Labute approximate surface area is 334 Å². The summed E-state index contributed by atoms with van der Waals surface area (Å²) in [6, 6.07) is 85.5. The van der Waals surface area contributed by atoms with E-state index in [1.165, 1.54) is 77.2 Å². The Morgan fingerprint density at radius 3 is 1.16 bits per heavy atom. The van der Waals surface area contributed by atoms with Gasteiger partial charge in [-0.15, -0.1) is 0 Å². The van der Waals surface area contributed by atoms with Crippen LogP contribution in [0.1, 0.15) is 0 Å². The van der Waals surface area contributed by atoms with Gasteiger partial charge in [-0.05, 0) is 108 Å². The van der Waals surface area contributed by atoms with Crippen LogP contribution in [0, 0.1) is 0 Å². The third-order valence-electron chi connectivity index (χ3n) is 11.1. The Kier molecular flexibility index (Phi) is 8.95. The fourth-order valence-electron chi connectivity index (χ4n) is 8.18. The highest BCUT2D eigenvalue weighted by atomic mass is 15.1. The van der Waals surface area contributed by atoms with Crippen LogP contribution in [0.15, 0.2) is 237 Å². The first kappa shape index (κ1) is 34.0. The van der Waals surface area contributed by atoms with Crippen molar-refractivity contribution in [3.05, 3.63) is 237 Å². The zero-order valence-electron chi connectivity index (χ0n) is 31.5. The van der Waals surface area contributed by atoms with E-state index >= 15 is 0 Å². The summed E-state index contributed by atoms with van der Waals surface area (Å²) in [7, 11) is 0. The fourth-order valence-corrected chi connectivity index (χ4v) is 8.18. The lowest BCUT2D eigenvalue weighted by Gasteiger charge is -2.28. The Morgan fingerprint density at radius 1 is 0.228 bits per heavy atom. The van der Waals surface area contributed by atoms with Gasteiger partial charge in [-0.3, -0.25) is 0 Å². The maximum atomic E-state index is 2.38. The van der Waals surface area contributed by atoms with Crippen molar-refractivity contribution in [3.8, 4) is 55.6 Å². The quantitative estimate of drug-likeness (QED) is 0.141. The molecule has 57 heavy (non-hydrogen) atoms. The Balaban J connectivity index is 0.992. The normalized spacial score (nSPS) is 11.2. The van der Waals surface area contributed by atoms with E-state index in [4.69, 9.17) is 0 Å². The summed E-state index contributed by atoms with van der Waals surface area (Å²) < 4.78 is 0. The molecular weight excluding hydrogens is 687 g/mol. The number of fused-ring (bicyclic) bond motifs is 3. The van der Waals surface area contributed by atoms with Gasteiger partial charge in [0.2, 0.25) is 0 Å². The molecule has 0 aromatic heterocycles. The summed E-state index contributed by atoms with van der Waals surface area (Å²) >= 11 is 0. The smallest absolute Gasteiger partial charge is 0.0540 e. The molecule has 10 rings (SSSR count). The molecule has 0 amide bonds. The maximum Gasteiger partial charge on any atom is 0.0540 e. The molecule has 0 saturated carbocycles. The van der Waals surface area contributed by atoms with Crippen molar-refractivity contribution in [1.29, 1.82) is 0 Å². The second kappa shape index (κ2) is 15.0. The lowest BCUT2D eigenvalue weighted by Crippen LogP contribution is -2.11. The number of nitrogens with zero attached hydrogens (tertiary/aromatic N) is 1. The van der Waals surface area contributed by atoms with Gasteiger partial charge in [-0.25, -0.2) is 0 Å². The average Bonchev–Trinajstić information content (AvgIpc) is 3.30. The summed E-state index contributed by atoms with van der Waals surface area (Å²) in [5.41, 5.74) is 15.4. The largest absolute Gasteiger partial charge is 0.310 e. The van der Waals surface area contributed by atoms with E-state index in [9.17, 15) is 0 Å². The number of hydrogen-bond donors (Lipinski definition) is 0. The van der Waals surface area contributed by atoms with Crippen molar-refractivity contribution >= 4 is 38.6 Å². The summed E-state index contributed by atoms with van der Waals surface area (Å²) in [5, 5.41) is 5.11. The van der Waals surface area contributed by atoms with E-state index in [-0.39, 0.29) is 0 Å². The topological polar surface area (TPSA) is 3.24 Å². The third-order valence-corrected chi connectivity index (χ3v) is 11.1. The van der Waals surface area contributed by atoms with Crippen LogP contribution in [0.3, 0.4) is 0 Å². The molecule has 0 aliphatic heterocycles. The molecule has 1 nitrogen and oxygen atoms in total. The number of rotatable bonds is 8. The molecule has 10 aromatic carbocycles. The van der Waals surface area contributed by atoms with Gasteiger partial charge in [0, 0.05) is 16.9 Å². The first-order valence-electron chi connectivity index (χ1n) is 19.6. The average molecular weight is 726 g/mol. The van der Waals surface area contributed by atoms with Crippen molar-refractivity contribution in [2.75, 3.05) is 4.90 Å².